The standard InChI is InChI=1S/C39H55ClINO6/c1-3-5-7-9-11-13-25-45-36-21-17-32(29-38(36)47-27-23-41)15-19-34(43)31-35(44)20-16-33-18-22-37(39(30-33)48-28-24-42-40)46-26-14-12-10-8-6-4-2/h15-22,29-30,42H,3-14,23-28,31H2,1-2H3/b19-15+,20-16+. The first-order valence-electron chi connectivity index (χ1n) is 17.6. The van der Waals surface area contributed by atoms with Gasteiger partial charge in [-0.15, -0.1) is 0 Å². The maximum Gasteiger partial charge on any atom is 0.163 e. The lowest BCUT2D eigenvalue weighted by Gasteiger charge is -2.13. The Morgan fingerprint density at radius 2 is 1.06 bits per heavy atom. The van der Waals surface area contributed by atoms with E-state index in [0.717, 1.165) is 41.2 Å². The molecule has 1 N–H and O–H groups in total. The Balaban J connectivity index is 1.93. The van der Waals surface area contributed by atoms with E-state index in [1.807, 2.05) is 36.4 Å². The maximum absolute atomic E-state index is 12.6. The predicted molar refractivity (Wildman–Crippen MR) is 207 cm³/mol. The molecule has 0 fully saturated rings. The highest BCUT2D eigenvalue weighted by Crippen LogP contribution is 2.31. The van der Waals surface area contributed by atoms with Gasteiger partial charge in [0.25, 0.3) is 0 Å². The van der Waals surface area contributed by atoms with Crippen molar-refractivity contribution < 1.29 is 28.5 Å². The monoisotopic (exact) mass is 795 g/mol. The second kappa shape index (κ2) is 27.3. The van der Waals surface area contributed by atoms with Crippen LogP contribution in [-0.4, -0.2) is 49.0 Å². The van der Waals surface area contributed by atoms with Crippen molar-refractivity contribution in [3.8, 4) is 23.0 Å². The van der Waals surface area contributed by atoms with E-state index >= 15 is 0 Å². The number of ketones is 2. The van der Waals surface area contributed by atoms with Crippen molar-refractivity contribution in [2.24, 2.45) is 0 Å². The van der Waals surface area contributed by atoms with Crippen LogP contribution in [0, 0.1) is 0 Å². The molecular formula is C39H55ClINO6. The van der Waals surface area contributed by atoms with E-state index in [2.05, 4.69) is 41.3 Å². The molecule has 9 heteroatoms. The highest BCUT2D eigenvalue weighted by molar-refractivity contribution is 14.1. The molecule has 0 heterocycles. The molecule has 0 aliphatic heterocycles. The summed E-state index contributed by atoms with van der Waals surface area (Å²) in [6.45, 7) is 7.09. The molecule has 2 aromatic rings. The van der Waals surface area contributed by atoms with E-state index < -0.39 is 0 Å². The molecule has 0 spiro atoms. The van der Waals surface area contributed by atoms with E-state index in [1.54, 1.807) is 12.2 Å². The molecule has 0 aromatic heterocycles. The van der Waals surface area contributed by atoms with E-state index in [4.69, 9.17) is 30.7 Å². The van der Waals surface area contributed by atoms with E-state index in [1.165, 1.54) is 63.5 Å². The third-order valence-corrected chi connectivity index (χ3v) is 8.14. The van der Waals surface area contributed by atoms with Gasteiger partial charge in [-0.05, 0) is 72.2 Å². The van der Waals surface area contributed by atoms with Crippen LogP contribution in [0.1, 0.15) is 108 Å². The number of nitrogens with one attached hydrogen (secondary N) is 1. The van der Waals surface area contributed by atoms with Crippen LogP contribution in [0.25, 0.3) is 12.2 Å². The van der Waals surface area contributed by atoms with E-state index in [0.29, 0.717) is 56.0 Å². The van der Waals surface area contributed by atoms with Crippen LogP contribution in [0.15, 0.2) is 48.6 Å². The van der Waals surface area contributed by atoms with Gasteiger partial charge in [0.15, 0.2) is 34.6 Å². The summed E-state index contributed by atoms with van der Waals surface area (Å²) in [5.74, 6) is 2.04. The van der Waals surface area contributed by atoms with Crippen LogP contribution in [0.4, 0.5) is 0 Å². The first-order valence-corrected chi connectivity index (χ1v) is 19.5. The molecular weight excluding hydrogens is 741 g/mol. The summed E-state index contributed by atoms with van der Waals surface area (Å²) in [6.07, 6.45) is 20.3. The predicted octanol–water partition coefficient (Wildman–Crippen LogP) is 10.4. The Hall–Kier alpha value is -2.56. The van der Waals surface area contributed by atoms with Gasteiger partial charge < -0.3 is 18.9 Å². The van der Waals surface area contributed by atoms with Crippen molar-refractivity contribution in [1.29, 1.82) is 0 Å². The second-order valence-electron chi connectivity index (χ2n) is 11.7. The van der Waals surface area contributed by atoms with Crippen molar-refractivity contribution >= 4 is 58.1 Å². The molecule has 0 saturated heterocycles. The molecule has 0 amide bonds. The Morgan fingerprint density at radius 1 is 0.625 bits per heavy atom. The highest BCUT2D eigenvalue weighted by Gasteiger charge is 2.10. The number of halogens is 2. The molecule has 0 atom stereocenters. The minimum absolute atomic E-state index is 0.227. The zero-order valence-corrected chi connectivity index (χ0v) is 31.8. The third kappa shape index (κ3) is 18.8. The van der Waals surface area contributed by atoms with E-state index in [-0.39, 0.29) is 18.0 Å². The number of rotatable bonds is 29. The maximum atomic E-state index is 12.6. The zero-order valence-electron chi connectivity index (χ0n) is 28.9. The number of carbonyl (C=O) groups is 2. The van der Waals surface area contributed by atoms with Crippen LogP contribution in [0.5, 0.6) is 23.0 Å². The first kappa shape index (κ1) is 41.6. The molecule has 2 rings (SSSR count). The van der Waals surface area contributed by atoms with Crippen molar-refractivity contribution in [2.45, 2.75) is 97.3 Å². The molecule has 0 radical (unpaired) electrons. The van der Waals surface area contributed by atoms with Crippen molar-refractivity contribution in [3.05, 3.63) is 59.7 Å². The van der Waals surface area contributed by atoms with Crippen LogP contribution in [-0.2, 0) is 9.59 Å². The number of ether oxygens (including phenoxy) is 4. The molecule has 0 saturated carbocycles. The SMILES string of the molecule is CCCCCCCCOc1ccc(/C=C/C(=O)CC(=O)/C=C/c2ccc(OCCCCCCCC)c(OCCNCl)c2)cc1OCCI. The lowest BCUT2D eigenvalue weighted by atomic mass is 10.1. The van der Waals surface area contributed by atoms with Gasteiger partial charge in [-0.3, -0.25) is 9.59 Å². The number of unbranched alkanes of at least 4 members (excludes halogenated alkanes) is 10. The fourth-order valence-corrected chi connectivity index (χ4v) is 5.16. The molecule has 0 unspecified atom stereocenters. The van der Waals surface area contributed by atoms with Gasteiger partial charge in [-0.1, -0.05) is 125 Å². The number of alkyl halides is 1. The largest absolute Gasteiger partial charge is 0.490 e. The molecule has 0 aliphatic rings. The topological polar surface area (TPSA) is 83.1 Å². The van der Waals surface area contributed by atoms with Gasteiger partial charge in [0, 0.05) is 11.0 Å². The fourth-order valence-electron chi connectivity index (χ4n) is 4.87. The summed E-state index contributed by atoms with van der Waals surface area (Å²) >= 11 is 7.86. The number of benzene rings is 2. The van der Waals surface area contributed by atoms with Crippen molar-refractivity contribution in [1.82, 2.24) is 4.84 Å². The summed E-state index contributed by atoms with van der Waals surface area (Å²) in [5.41, 5.74) is 1.57. The lowest BCUT2D eigenvalue weighted by Crippen LogP contribution is -2.12. The summed E-state index contributed by atoms with van der Waals surface area (Å²) in [7, 11) is 0. The van der Waals surface area contributed by atoms with Gasteiger partial charge in [0.05, 0.1) is 26.2 Å². The number of carbonyl (C=O) groups excluding carboxylic acids is 2. The smallest absolute Gasteiger partial charge is 0.163 e. The average molecular weight is 796 g/mol. The minimum atomic E-state index is -0.286. The zero-order chi connectivity index (χ0) is 34.7. The Kier molecular flexibility index (Phi) is 23.7. The van der Waals surface area contributed by atoms with Gasteiger partial charge in [-0.25, -0.2) is 4.84 Å². The van der Waals surface area contributed by atoms with Gasteiger partial charge in [-0.2, -0.15) is 0 Å². The number of hydrogen-bond donors (Lipinski definition) is 1. The molecule has 48 heavy (non-hydrogen) atoms. The van der Waals surface area contributed by atoms with Crippen molar-refractivity contribution in [3.63, 3.8) is 0 Å². The summed E-state index contributed by atoms with van der Waals surface area (Å²) < 4.78 is 24.7. The first-order chi connectivity index (χ1) is 23.5. The molecule has 7 nitrogen and oxygen atoms in total. The fraction of sp³-hybridized carbons (Fsp3) is 0.538. The third-order valence-electron chi connectivity index (χ3n) is 7.51. The summed E-state index contributed by atoms with van der Waals surface area (Å²) in [5, 5.41) is 0. The summed E-state index contributed by atoms with van der Waals surface area (Å²) in [4.78, 5) is 27.8. The molecule has 0 bridgehead atoms. The van der Waals surface area contributed by atoms with Crippen LogP contribution in [0.2, 0.25) is 0 Å². The second-order valence-corrected chi connectivity index (χ2v) is 13.0. The van der Waals surface area contributed by atoms with Crippen LogP contribution >= 0.6 is 34.4 Å². The lowest BCUT2D eigenvalue weighted by molar-refractivity contribution is -0.121. The van der Waals surface area contributed by atoms with Gasteiger partial charge in [0.2, 0.25) is 0 Å². The average Bonchev–Trinajstić information content (AvgIpc) is 3.09. The van der Waals surface area contributed by atoms with E-state index in [9.17, 15) is 9.59 Å². The van der Waals surface area contributed by atoms with Gasteiger partial charge in [0.1, 0.15) is 6.61 Å². The molecule has 2 aromatic carbocycles. The van der Waals surface area contributed by atoms with Crippen LogP contribution in [0.3, 0.4) is 0 Å². The molecule has 266 valence electrons. The Bertz CT molecular complexity index is 1250. The quantitative estimate of drug-likeness (QED) is 0.0219. The summed E-state index contributed by atoms with van der Waals surface area (Å²) in [6, 6.07) is 11.2. The highest BCUT2D eigenvalue weighted by atomic mass is 127. The van der Waals surface area contributed by atoms with Crippen molar-refractivity contribution in [2.75, 3.05) is 37.4 Å². The Morgan fingerprint density at radius 3 is 1.52 bits per heavy atom. The molecule has 0 aliphatic carbocycles. The van der Waals surface area contributed by atoms with Gasteiger partial charge >= 0.3 is 0 Å². The number of allylic oxidation sites excluding steroid dienone is 2. The normalized spacial score (nSPS) is 11.3. The van der Waals surface area contributed by atoms with Crippen LogP contribution < -0.4 is 23.8 Å². The number of hydrogen-bond acceptors (Lipinski definition) is 7. The minimum Gasteiger partial charge on any atom is -0.490 e. The Labute approximate surface area is 307 Å².